The van der Waals surface area contributed by atoms with Gasteiger partial charge in [0.15, 0.2) is 0 Å². The Morgan fingerprint density at radius 2 is 1.84 bits per heavy atom. The number of fused-ring (bicyclic) bond motifs is 1. The third-order valence-electron chi connectivity index (χ3n) is 5.53. The highest BCUT2D eigenvalue weighted by atomic mass is 16.5. The molecule has 2 aromatic carbocycles. The summed E-state index contributed by atoms with van der Waals surface area (Å²) in [5.74, 6) is -2.80. The van der Waals surface area contributed by atoms with Gasteiger partial charge in [-0.2, -0.15) is 0 Å². The van der Waals surface area contributed by atoms with E-state index in [0.717, 1.165) is 4.90 Å². The largest absolute Gasteiger partial charge is 0.497 e. The zero-order valence-electron chi connectivity index (χ0n) is 17.5. The molecule has 0 saturated carbocycles. The Morgan fingerprint density at radius 1 is 1.12 bits per heavy atom. The predicted molar refractivity (Wildman–Crippen MR) is 115 cm³/mol. The SMILES string of the molecule is COC(=O)C(CC1CC(=O)N(c2ccc(OC)cc2)C1=O)c1nc2ccccc2[nH]c1=O. The molecule has 2 amide bonds. The van der Waals surface area contributed by atoms with Crippen molar-refractivity contribution in [1.82, 2.24) is 9.97 Å². The molecule has 164 valence electrons. The van der Waals surface area contributed by atoms with Crippen molar-refractivity contribution in [2.24, 2.45) is 5.92 Å². The monoisotopic (exact) mass is 435 g/mol. The van der Waals surface area contributed by atoms with Crippen molar-refractivity contribution < 1.29 is 23.9 Å². The van der Waals surface area contributed by atoms with E-state index in [-0.39, 0.29) is 24.4 Å². The van der Waals surface area contributed by atoms with Crippen molar-refractivity contribution in [2.75, 3.05) is 19.1 Å². The minimum absolute atomic E-state index is 0.0429. The van der Waals surface area contributed by atoms with Crippen LogP contribution in [0.2, 0.25) is 0 Å². The van der Waals surface area contributed by atoms with E-state index >= 15 is 0 Å². The lowest BCUT2D eigenvalue weighted by Gasteiger charge is -2.18. The summed E-state index contributed by atoms with van der Waals surface area (Å²) in [6.45, 7) is 0. The van der Waals surface area contributed by atoms with Crippen LogP contribution in [0.25, 0.3) is 11.0 Å². The maximum absolute atomic E-state index is 13.1. The number of aromatic nitrogens is 2. The fourth-order valence-electron chi connectivity index (χ4n) is 3.91. The molecule has 3 aromatic rings. The lowest BCUT2D eigenvalue weighted by Crippen LogP contribution is -2.32. The van der Waals surface area contributed by atoms with Gasteiger partial charge in [-0.05, 0) is 42.8 Å². The second-order valence-electron chi connectivity index (χ2n) is 7.45. The van der Waals surface area contributed by atoms with Gasteiger partial charge in [0.05, 0.1) is 30.9 Å². The van der Waals surface area contributed by atoms with Crippen LogP contribution in [0, 0.1) is 5.92 Å². The van der Waals surface area contributed by atoms with Gasteiger partial charge in [0.25, 0.3) is 5.56 Å². The molecule has 1 aromatic heterocycles. The van der Waals surface area contributed by atoms with Crippen molar-refractivity contribution in [3.8, 4) is 5.75 Å². The summed E-state index contributed by atoms with van der Waals surface area (Å²) < 4.78 is 10.00. The molecule has 9 heteroatoms. The molecule has 32 heavy (non-hydrogen) atoms. The second-order valence-corrected chi connectivity index (χ2v) is 7.45. The molecule has 2 unspecified atom stereocenters. The van der Waals surface area contributed by atoms with Crippen LogP contribution in [0.5, 0.6) is 5.75 Å². The van der Waals surface area contributed by atoms with Crippen molar-refractivity contribution >= 4 is 34.5 Å². The maximum atomic E-state index is 13.1. The van der Waals surface area contributed by atoms with E-state index in [9.17, 15) is 19.2 Å². The number of esters is 1. The lowest BCUT2D eigenvalue weighted by molar-refractivity contribution is -0.143. The number of carbonyl (C=O) groups excluding carboxylic acids is 3. The zero-order valence-corrected chi connectivity index (χ0v) is 17.5. The van der Waals surface area contributed by atoms with Gasteiger partial charge < -0.3 is 14.5 Å². The second kappa shape index (κ2) is 8.62. The fourth-order valence-corrected chi connectivity index (χ4v) is 3.91. The predicted octanol–water partition coefficient (Wildman–Crippen LogP) is 2.16. The van der Waals surface area contributed by atoms with Crippen molar-refractivity contribution in [3.63, 3.8) is 0 Å². The highest BCUT2D eigenvalue weighted by Crippen LogP contribution is 2.33. The van der Waals surface area contributed by atoms with Gasteiger partial charge >= 0.3 is 5.97 Å². The number of benzene rings is 2. The van der Waals surface area contributed by atoms with Gasteiger partial charge in [-0.1, -0.05) is 12.1 Å². The van der Waals surface area contributed by atoms with Crippen LogP contribution in [0.15, 0.2) is 53.3 Å². The molecule has 9 nitrogen and oxygen atoms in total. The summed E-state index contributed by atoms with van der Waals surface area (Å²) in [5, 5.41) is 0. The zero-order chi connectivity index (χ0) is 22.8. The standard InChI is InChI=1S/C23H21N3O6/c1-31-15-9-7-14(8-10-15)26-19(27)12-13(22(26)29)11-16(23(30)32-2)20-21(28)25-18-6-4-3-5-17(18)24-20/h3-10,13,16H,11-12H2,1-2H3,(H,25,28). The number of hydrogen-bond donors (Lipinski definition) is 1. The van der Waals surface area contributed by atoms with Crippen LogP contribution in [-0.4, -0.2) is 42.0 Å². The van der Waals surface area contributed by atoms with E-state index in [1.54, 1.807) is 48.5 Å². The van der Waals surface area contributed by atoms with Gasteiger partial charge in [0.1, 0.15) is 17.4 Å². The van der Waals surface area contributed by atoms with Gasteiger partial charge in [-0.25, -0.2) is 4.98 Å². The minimum Gasteiger partial charge on any atom is -0.497 e. The first kappa shape index (κ1) is 21.2. The van der Waals surface area contributed by atoms with Crippen molar-refractivity contribution in [3.05, 3.63) is 64.6 Å². The molecule has 0 aliphatic carbocycles. The van der Waals surface area contributed by atoms with Crippen molar-refractivity contribution in [2.45, 2.75) is 18.8 Å². The first-order chi connectivity index (χ1) is 15.4. The van der Waals surface area contributed by atoms with E-state index in [1.165, 1.54) is 14.2 Å². The average molecular weight is 435 g/mol. The molecule has 1 saturated heterocycles. The van der Waals surface area contributed by atoms with E-state index in [2.05, 4.69) is 9.97 Å². The number of H-pyrrole nitrogens is 1. The normalized spacial score (nSPS) is 16.9. The number of anilines is 1. The molecule has 1 aliphatic rings. The third-order valence-corrected chi connectivity index (χ3v) is 5.53. The van der Waals surface area contributed by atoms with E-state index in [0.29, 0.717) is 22.5 Å². The summed E-state index contributed by atoms with van der Waals surface area (Å²) in [5.41, 5.74) is 0.869. The quantitative estimate of drug-likeness (QED) is 0.465. The molecule has 0 radical (unpaired) electrons. The number of hydrogen-bond acceptors (Lipinski definition) is 7. The summed E-state index contributed by atoms with van der Waals surface area (Å²) in [7, 11) is 2.72. The highest BCUT2D eigenvalue weighted by Gasteiger charge is 2.42. The van der Waals surface area contributed by atoms with Crippen LogP contribution >= 0.6 is 0 Å². The Hall–Kier alpha value is -4.01. The minimum atomic E-state index is -1.09. The van der Waals surface area contributed by atoms with Crippen LogP contribution in [0.4, 0.5) is 5.69 Å². The average Bonchev–Trinajstić information content (AvgIpc) is 3.09. The van der Waals surface area contributed by atoms with Gasteiger partial charge in [0.2, 0.25) is 11.8 Å². The molecule has 0 bridgehead atoms. The molecule has 2 atom stereocenters. The number of ether oxygens (including phenoxy) is 2. The molecule has 1 aliphatic heterocycles. The number of carbonyl (C=O) groups is 3. The smallest absolute Gasteiger partial charge is 0.314 e. The van der Waals surface area contributed by atoms with Crippen molar-refractivity contribution in [1.29, 1.82) is 0 Å². The Bertz CT molecular complexity index is 1250. The summed E-state index contributed by atoms with van der Waals surface area (Å²) in [6.07, 6.45) is -0.151. The Balaban J connectivity index is 1.64. The number of methoxy groups -OCH3 is 2. The number of nitrogens with one attached hydrogen (secondary N) is 1. The topological polar surface area (TPSA) is 119 Å². The van der Waals surface area contributed by atoms with Crippen LogP contribution in [-0.2, 0) is 19.1 Å². The van der Waals surface area contributed by atoms with Gasteiger partial charge in [-0.15, -0.1) is 0 Å². The Labute approximate surface area is 183 Å². The molecule has 4 rings (SSSR count). The molecule has 1 fully saturated rings. The first-order valence-corrected chi connectivity index (χ1v) is 10.0. The van der Waals surface area contributed by atoms with Gasteiger partial charge in [0, 0.05) is 12.3 Å². The number of nitrogens with zero attached hydrogens (tertiary/aromatic N) is 2. The number of amides is 2. The van der Waals surface area contributed by atoms with Gasteiger partial charge in [-0.3, -0.25) is 24.1 Å². The van der Waals surface area contributed by atoms with E-state index in [1.807, 2.05) is 0 Å². The number of imide groups is 1. The number of para-hydroxylation sites is 2. The maximum Gasteiger partial charge on any atom is 0.314 e. The molecular weight excluding hydrogens is 414 g/mol. The molecule has 1 N–H and O–H groups in total. The van der Waals surface area contributed by atoms with E-state index in [4.69, 9.17) is 9.47 Å². The highest BCUT2D eigenvalue weighted by molar-refractivity contribution is 6.21. The van der Waals surface area contributed by atoms with Crippen LogP contribution in [0.3, 0.4) is 0 Å². The fraction of sp³-hybridized carbons (Fsp3) is 0.261. The molecule has 0 spiro atoms. The summed E-state index contributed by atoms with van der Waals surface area (Å²) in [4.78, 5) is 59.1. The van der Waals surface area contributed by atoms with Crippen LogP contribution in [0.1, 0.15) is 24.5 Å². The summed E-state index contributed by atoms with van der Waals surface area (Å²) in [6, 6.07) is 13.5. The number of aromatic amines is 1. The summed E-state index contributed by atoms with van der Waals surface area (Å²) >= 11 is 0. The first-order valence-electron chi connectivity index (χ1n) is 10.0. The van der Waals surface area contributed by atoms with Crippen LogP contribution < -0.4 is 15.2 Å². The number of rotatable bonds is 6. The lowest BCUT2D eigenvalue weighted by atomic mass is 9.90. The Kier molecular flexibility index (Phi) is 5.72. The third kappa shape index (κ3) is 3.84. The Morgan fingerprint density at radius 3 is 2.53 bits per heavy atom. The molecule has 2 heterocycles. The molecular formula is C23H21N3O6. The van der Waals surface area contributed by atoms with E-state index < -0.39 is 29.3 Å².